The van der Waals surface area contributed by atoms with Crippen molar-refractivity contribution in [2.45, 2.75) is 41.0 Å². The van der Waals surface area contributed by atoms with E-state index in [-0.39, 0.29) is 11.3 Å². The van der Waals surface area contributed by atoms with Gasteiger partial charge >= 0.3 is 0 Å². The van der Waals surface area contributed by atoms with E-state index in [1.807, 2.05) is 6.92 Å². The largest absolute Gasteiger partial charge is 0.294 e. The molecule has 1 unspecified atom stereocenters. The average molecular weight is 432 g/mol. The van der Waals surface area contributed by atoms with Crippen molar-refractivity contribution in [1.82, 2.24) is 0 Å². The van der Waals surface area contributed by atoms with Crippen molar-refractivity contribution in [3.63, 3.8) is 0 Å². The Balaban J connectivity index is 1.89. The van der Waals surface area contributed by atoms with Crippen molar-refractivity contribution >= 4 is 23.7 Å². The third kappa shape index (κ3) is 5.16. The monoisotopic (exact) mass is 431 g/mol. The molecule has 0 N–H and O–H groups in total. The van der Waals surface area contributed by atoms with Crippen LogP contribution >= 0.6 is 7.26 Å². The summed E-state index contributed by atoms with van der Waals surface area (Å²) in [5.41, 5.74) is 3.40. The zero-order chi connectivity index (χ0) is 22.6. The normalized spacial score (nSPS) is 19.9. The molecular formula is C29H36OP+. The van der Waals surface area contributed by atoms with E-state index in [9.17, 15) is 4.79 Å². The molecular weight excluding hydrogens is 395 g/mol. The van der Waals surface area contributed by atoms with Crippen LogP contribution in [0.2, 0.25) is 0 Å². The minimum Gasteiger partial charge on any atom is -0.294 e. The first-order valence-electron chi connectivity index (χ1n) is 11.2. The third-order valence-electron chi connectivity index (χ3n) is 6.71. The molecule has 0 amide bonds. The number of ketones is 1. The number of hydrogen-bond acceptors (Lipinski definition) is 1. The molecule has 162 valence electrons. The third-order valence-corrected chi connectivity index (χ3v) is 10.5. The first-order valence-corrected chi connectivity index (χ1v) is 13.6. The molecule has 31 heavy (non-hydrogen) atoms. The van der Waals surface area contributed by atoms with E-state index >= 15 is 0 Å². The lowest BCUT2D eigenvalue weighted by molar-refractivity contribution is -0.120. The second-order valence-corrected chi connectivity index (χ2v) is 13.5. The van der Waals surface area contributed by atoms with Crippen LogP contribution < -0.4 is 10.6 Å². The predicted molar refractivity (Wildman–Crippen MR) is 138 cm³/mol. The number of allylic oxidation sites excluding steroid dienone is 6. The van der Waals surface area contributed by atoms with Gasteiger partial charge in [-0.1, -0.05) is 74.9 Å². The Kier molecular flexibility index (Phi) is 7.17. The Morgan fingerprint density at radius 2 is 1.55 bits per heavy atom. The number of benzene rings is 2. The summed E-state index contributed by atoms with van der Waals surface area (Å²) in [4.78, 5) is 12.5. The lowest BCUT2D eigenvalue weighted by atomic mass is 9.68. The van der Waals surface area contributed by atoms with E-state index < -0.39 is 7.26 Å². The van der Waals surface area contributed by atoms with Gasteiger partial charge in [0.2, 0.25) is 0 Å². The van der Waals surface area contributed by atoms with E-state index in [4.69, 9.17) is 0 Å². The van der Waals surface area contributed by atoms with Crippen molar-refractivity contribution in [2.75, 3.05) is 12.8 Å². The molecule has 2 aromatic carbocycles. The maximum absolute atomic E-state index is 12.5. The highest BCUT2D eigenvalue weighted by atomic mass is 31.2. The Bertz CT molecular complexity index is 970. The van der Waals surface area contributed by atoms with E-state index in [0.717, 1.165) is 18.2 Å². The highest BCUT2D eigenvalue weighted by Crippen LogP contribution is 2.52. The molecule has 1 atom stereocenters. The Hall–Kier alpha value is -2.24. The van der Waals surface area contributed by atoms with Gasteiger partial charge in [-0.15, -0.1) is 0 Å². The summed E-state index contributed by atoms with van der Waals surface area (Å²) in [7, 11) is -1.52. The molecule has 0 aromatic heterocycles. The molecule has 1 aliphatic rings. The summed E-state index contributed by atoms with van der Waals surface area (Å²) in [6.45, 7) is 13.2. The molecule has 0 bridgehead atoms. The summed E-state index contributed by atoms with van der Waals surface area (Å²) in [6.07, 6.45) is 8.70. The van der Waals surface area contributed by atoms with Crippen LogP contribution in [0.5, 0.6) is 0 Å². The van der Waals surface area contributed by atoms with Gasteiger partial charge in [-0.3, -0.25) is 4.79 Å². The Morgan fingerprint density at radius 3 is 2.06 bits per heavy atom. The van der Waals surface area contributed by atoms with Gasteiger partial charge < -0.3 is 0 Å². The SMILES string of the molecule is CC1=C(/C=C/C(C)=C/C[P+](C)(c2ccccc2)c2ccccc2)C(C)(C)CC(C)C1=O. The van der Waals surface area contributed by atoms with Crippen LogP contribution in [0.15, 0.2) is 95.6 Å². The van der Waals surface area contributed by atoms with Gasteiger partial charge in [0.1, 0.15) is 0 Å². The molecule has 0 radical (unpaired) electrons. The maximum atomic E-state index is 12.5. The number of carbonyl (C=O) groups excluding carboxylic acids is 1. The van der Waals surface area contributed by atoms with Crippen LogP contribution in [0.4, 0.5) is 0 Å². The molecule has 0 saturated carbocycles. The second kappa shape index (κ2) is 9.49. The zero-order valence-electron chi connectivity index (χ0n) is 19.9. The molecule has 0 spiro atoms. The van der Waals surface area contributed by atoms with Crippen LogP contribution in [0, 0.1) is 11.3 Å². The van der Waals surface area contributed by atoms with Crippen LogP contribution in [0.3, 0.4) is 0 Å². The van der Waals surface area contributed by atoms with Crippen molar-refractivity contribution < 1.29 is 4.79 Å². The van der Waals surface area contributed by atoms with Gasteiger partial charge in [0.25, 0.3) is 0 Å². The van der Waals surface area contributed by atoms with E-state index in [1.54, 1.807) is 0 Å². The fourth-order valence-corrected chi connectivity index (χ4v) is 7.85. The summed E-state index contributed by atoms with van der Waals surface area (Å²) < 4.78 is 0. The Labute approximate surface area is 189 Å². The first-order chi connectivity index (χ1) is 14.6. The molecule has 1 aliphatic carbocycles. The van der Waals surface area contributed by atoms with Crippen LogP contribution in [0.1, 0.15) is 41.0 Å². The first kappa shape index (κ1) is 23.4. The second-order valence-electron chi connectivity index (χ2n) is 9.72. The van der Waals surface area contributed by atoms with E-state index in [2.05, 4.69) is 113 Å². The summed E-state index contributed by atoms with van der Waals surface area (Å²) in [5.74, 6) is 0.415. The van der Waals surface area contributed by atoms with Crippen LogP contribution in [0.25, 0.3) is 0 Å². The molecule has 0 saturated heterocycles. The molecule has 2 aromatic rings. The number of carbonyl (C=O) groups is 1. The van der Waals surface area contributed by atoms with Gasteiger partial charge in [0, 0.05) is 5.92 Å². The number of hydrogen-bond donors (Lipinski definition) is 0. The van der Waals surface area contributed by atoms with Crippen molar-refractivity contribution in [3.05, 3.63) is 95.6 Å². The van der Waals surface area contributed by atoms with Gasteiger partial charge in [-0.2, -0.15) is 0 Å². The molecule has 0 fully saturated rings. The maximum Gasteiger partial charge on any atom is 0.161 e. The van der Waals surface area contributed by atoms with Gasteiger partial charge in [-0.25, -0.2) is 0 Å². The smallest absolute Gasteiger partial charge is 0.161 e. The van der Waals surface area contributed by atoms with Gasteiger partial charge in [-0.05, 0) is 67.2 Å². The topological polar surface area (TPSA) is 17.1 Å². The zero-order valence-corrected chi connectivity index (χ0v) is 20.7. The van der Waals surface area contributed by atoms with Crippen molar-refractivity contribution in [3.8, 4) is 0 Å². The number of rotatable bonds is 6. The molecule has 3 rings (SSSR count). The summed E-state index contributed by atoms with van der Waals surface area (Å²) >= 11 is 0. The van der Waals surface area contributed by atoms with Gasteiger partial charge in [0.05, 0.1) is 30.7 Å². The lowest BCUT2D eigenvalue weighted by Crippen LogP contribution is -2.30. The standard InChI is InChI=1S/C29H36OP/c1-22(17-18-27-24(3)28(30)23(2)21-29(27,4)5)19-20-31(6,25-13-9-7-10-14-25)26-15-11-8-12-16-26/h7-19,23H,20-21H2,1-6H3/q+1/b18-17+,22-19+. The molecule has 2 heteroatoms. The average Bonchev–Trinajstić information content (AvgIpc) is 2.76. The van der Waals surface area contributed by atoms with Gasteiger partial charge in [0.15, 0.2) is 5.78 Å². The molecule has 1 nitrogen and oxygen atoms in total. The van der Waals surface area contributed by atoms with E-state index in [0.29, 0.717) is 5.78 Å². The fraction of sp³-hybridized carbons (Fsp3) is 0.345. The van der Waals surface area contributed by atoms with Crippen molar-refractivity contribution in [2.24, 2.45) is 11.3 Å². The Morgan fingerprint density at radius 1 is 1.03 bits per heavy atom. The minimum atomic E-state index is -1.52. The van der Waals surface area contributed by atoms with Crippen molar-refractivity contribution in [1.29, 1.82) is 0 Å². The summed E-state index contributed by atoms with van der Waals surface area (Å²) in [5, 5.41) is 2.86. The number of Topliss-reactive ketones (excluding diaryl/α,β-unsaturated/α-hetero) is 1. The van der Waals surface area contributed by atoms with Crippen LogP contribution in [-0.2, 0) is 4.79 Å². The highest BCUT2D eigenvalue weighted by molar-refractivity contribution is 7.89. The van der Waals surface area contributed by atoms with E-state index in [1.165, 1.54) is 21.8 Å². The predicted octanol–water partition coefficient (Wildman–Crippen LogP) is 6.74. The van der Waals surface area contributed by atoms with Crippen LogP contribution in [-0.4, -0.2) is 18.6 Å². The molecule has 0 aliphatic heterocycles. The minimum absolute atomic E-state index is 0.0315. The molecule has 0 heterocycles. The quantitative estimate of drug-likeness (QED) is 0.366. The fourth-order valence-electron chi connectivity index (χ4n) is 4.81. The lowest BCUT2D eigenvalue weighted by Gasteiger charge is -2.35. The summed E-state index contributed by atoms with van der Waals surface area (Å²) in [6, 6.07) is 21.8. The highest BCUT2D eigenvalue weighted by Gasteiger charge is 2.36.